The smallest absolute Gasteiger partial charge is 0.306 e. The first-order valence-electron chi connectivity index (χ1n) is 26.6. The summed E-state index contributed by atoms with van der Waals surface area (Å²) in [4.78, 5) is 26.1. The van der Waals surface area contributed by atoms with E-state index in [4.69, 9.17) is 4.74 Å². The van der Waals surface area contributed by atoms with E-state index in [1.165, 1.54) is 173 Å². The Bertz CT molecular complexity index is 950. The Morgan fingerprint density at radius 3 is 1.20 bits per heavy atom. The number of nitrogens with one attached hydrogen (secondary N) is 1. The van der Waals surface area contributed by atoms with E-state index in [2.05, 4.69) is 50.4 Å². The zero-order chi connectivity index (χ0) is 43.8. The van der Waals surface area contributed by atoms with Gasteiger partial charge in [0.15, 0.2) is 0 Å². The second-order valence-corrected chi connectivity index (χ2v) is 18.3. The lowest BCUT2D eigenvalue weighted by Crippen LogP contribution is -2.46. The fourth-order valence-electron chi connectivity index (χ4n) is 8.19. The van der Waals surface area contributed by atoms with Crippen LogP contribution in [0.25, 0.3) is 0 Å². The van der Waals surface area contributed by atoms with Crippen LogP contribution < -0.4 is 5.32 Å². The first-order valence-corrected chi connectivity index (χ1v) is 26.6. The van der Waals surface area contributed by atoms with E-state index in [9.17, 15) is 19.8 Å². The Balaban J connectivity index is 4.59. The molecule has 0 radical (unpaired) electrons. The largest absolute Gasteiger partial charge is 0.462 e. The van der Waals surface area contributed by atoms with Crippen LogP contribution in [0.2, 0.25) is 0 Å². The topological polar surface area (TPSA) is 95.9 Å². The van der Waals surface area contributed by atoms with Crippen molar-refractivity contribution in [3.8, 4) is 0 Å². The lowest BCUT2D eigenvalue weighted by atomic mass is 10.0. The van der Waals surface area contributed by atoms with Crippen LogP contribution in [0, 0.1) is 0 Å². The summed E-state index contributed by atoms with van der Waals surface area (Å²) >= 11 is 0. The second-order valence-electron chi connectivity index (χ2n) is 18.3. The van der Waals surface area contributed by atoms with Gasteiger partial charge in [0, 0.05) is 6.42 Å². The fourth-order valence-corrected chi connectivity index (χ4v) is 8.19. The molecule has 3 unspecified atom stereocenters. The van der Waals surface area contributed by atoms with Crippen molar-refractivity contribution in [2.24, 2.45) is 0 Å². The molecule has 0 spiro atoms. The number of allylic oxidation sites excluding steroid dienone is 4. The van der Waals surface area contributed by atoms with Gasteiger partial charge in [0.2, 0.25) is 5.91 Å². The normalized spacial score (nSPS) is 13.3. The third-order valence-electron chi connectivity index (χ3n) is 12.3. The van der Waals surface area contributed by atoms with Crippen molar-refractivity contribution < 1.29 is 24.5 Å². The molecule has 3 atom stereocenters. The number of carbonyl (C=O) groups is 2. The highest BCUT2D eigenvalue weighted by atomic mass is 16.5. The Morgan fingerprint density at radius 1 is 0.467 bits per heavy atom. The molecule has 0 saturated heterocycles. The summed E-state index contributed by atoms with van der Waals surface area (Å²) in [5.41, 5.74) is 0. The Kier molecular flexibility index (Phi) is 47.0. The van der Waals surface area contributed by atoms with Crippen LogP contribution in [-0.2, 0) is 14.3 Å². The Hall–Kier alpha value is -1.66. The summed E-state index contributed by atoms with van der Waals surface area (Å²) in [6, 6.07) is -0.705. The van der Waals surface area contributed by atoms with Gasteiger partial charge in [0.25, 0.3) is 0 Å². The predicted octanol–water partition coefficient (Wildman–Crippen LogP) is 15.9. The van der Waals surface area contributed by atoms with Gasteiger partial charge in [-0.3, -0.25) is 9.59 Å². The first kappa shape index (κ1) is 58.3. The maximum absolute atomic E-state index is 13.2. The minimum Gasteiger partial charge on any atom is -0.462 e. The minimum atomic E-state index is -0.790. The number of ether oxygens (including phenoxy) is 1. The van der Waals surface area contributed by atoms with Crippen molar-refractivity contribution in [2.75, 3.05) is 6.61 Å². The average Bonchev–Trinajstić information content (AvgIpc) is 3.24. The molecule has 0 aliphatic heterocycles. The van der Waals surface area contributed by atoms with Gasteiger partial charge < -0.3 is 20.3 Å². The van der Waals surface area contributed by atoms with E-state index >= 15 is 0 Å². The fraction of sp³-hybridized carbons (Fsp3) is 0.889. The number of hydrogen-bond acceptors (Lipinski definition) is 5. The number of rotatable bonds is 48. The molecule has 0 aromatic rings. The molecule has 0 heterocycles. The zero-order valence-electron chi connectivity index (χ0n) is 40.4. The van der Waals surface area contributed by atoms with E-state index in [1.54, 1.807) is 0 Å². The third-order valence-corrected chi connectivity index (χ3v) is 12.3. The lowest BCUT2D eigenvalue weighted by Gasteiger charge is -2.24. The molecular formula is C54H103NO5. The van der Waals surface area contributed by atoms with Gasteiger partial charge in [0.05, 0.1) is 25.2 Å². The molecule has 0 aromatic carbocycles. The highest BCUT2D eigenvalue weighted by Gasteiger charge is 2.24. The molecule has 6 nitrogen and oxygen atoms in total. The van der Waals surface area contributed by atoms with E-state index in [0.717, 1.165) is 64.2 Å². The van der Waals surface area contributed by atoms with Gasteiger partial charge in [-0.05, 0) is 77.0 Å². The lowest BCUT2D eigenvalue weighted by molar-refractivity contribution is -0.151. The van der Waals surface area contributed by atoms with Crippen molar-refractivity contribution in [1.82, 2.24) is 5.32 Å². The summed E-state index contributed by atoms with van der Waals surface area (Å²) in [5.74, 6) is -0.496. The van der Waals surface area contributed by atoms with Crippen LogP contribution in [0.1, 0.15) is 284 Å². The maximum Gasteiger partial charge on any atom is 0.306 e. The molecule has 1 amide bonds. The summed E-state index contributed by atoms with van der Waals surface area (Å²) in [6.07, 6.45) is 55.2. The molecular weight excluding hydrogens is 743 g/mol. The Morgan fingerprint density at radius 2 is 0.800 bits per heavy atom. The molecule has 0 aliphatic carbocycles. The van der Waals surface area contributed by atoms with Gasteiger partial charge in [-0.15, -0.1) is 0 Å². The van der Waals surface area contributed by atoms with Crippen LogP contribution in [0.5, 0.6) is 0 Å². The standard InChI is InChI=1S/C54H103NO5/c1-4-7-10-13-16-19-22-25-28-30-33-36-39-42-45-50(60-54(59)47-44-41-38-35-32-29-26-23-20-17-14-11-8-5-2)48-53(58)55-51(49-56)52(57)46-43-40-37-34-31-27-24-21-18-15-12-9-6-3/h28-30,32,50-52,56-57H,4-27,31,33-49H2,1-3H3,(H,55,58)/b30-28+,32-29-. The number of hydrogen-bond donors (Lipinski definition) is 3. The summed E-state index contributed by atoms with van der Waals surface area (Å²) in [5, 5.41) is 23.8. The van der Waals surface area contributed by atoms with Gasteiger partial charge in [0.1, 0.15) is 6.10 Å². The minimum absolute atomic E-state index is 0.0651. The number of aliphatic hydroxyl groups is 2. The van der Waals surface area contributed by atoms with Crippen LogP contribution in [0.15, 0.2) is 24.3 Å². The number of unbranched alkanes of at least 4 members (excludes halogenated alkanes) is 32. The summed E-state index contributed by atoms with van der Waals surface area (Å²) in [7, 11) is 0. The zero-order valence-corrected chi connectivity index (χ0v) is 40.4. The molecule has 0 rings (SSSR count). The van der Waals surface area contributed by atoms with E-state index in [1.807, 2.05) is 0 Å². The van der Waals surface area contributed by atoms with Crippen LogP contribution in [-0.4, -0.2) is 46.9 Å². The average molecular weight is 846 g/mol. The maximum atomic E-state index is 13.2. The van der Waals surface area contributed by atoms with Crippen molar-refractivity contribution in [3.63, 3.8) is 0 Å². The first-order chi connectivity index (χ1) is 29.5. The van der Waals surface area contributed by atoms with Crippen LogP contribution in [0.3, 0.4) is 0 Å². The Labute approximate surface area is 373 Å². The molecule has 0 aliphatic rings. The predicted molar refractivity (Wildman–Crippen MR) is 260 cm³/mol. The third kappa shape index (κ3) is 43.0. The summed E-state index contributed by atoms with van der Waals surface area (Å²) < 4.78 is 5.92. The van der Waals surface area contributed by atoms with Gasteiger partial charge >= 0.3 is 5.97 Å². The van der Waals surface area contributed by atoms with Crippen molar-refractivity contribution in [3.05, 3.63) is 24.3 Å². The van der Waals surface area contributed by atoms with Gasteiger partial charge in [-0.2, -0.15) is 0 Å². The SMILES string of the molecule is CCCCCCCCC/C=C\CCCCCC(=O)OC(CCCCC/C=C/CCCCCCCCC)CC(=O)NC(CO)C(O)CCCCCCCCCCCCCCC. The van der Waals surface area contributed by atoms with E-state index in [-0.39, 0.29) is 24.9 Å². The van der Waals surface area contributed by atoms with Crippen LogP contribution in [0.4, 0.5) is 0 Å². The monoisotopic (exact) mass is 846 g/mol. The van der Waals surface area contributed by atoms with Crippen molar-refractivity contribution >= 4 is 11.9 Å². The molecule has 354 valence electrons. The summed E-state index contributed by atoms with van der Waals surface area (Å²) in [6.45, 7) is 6.49. The van der Waals surface area contributed by atoms with Gasteiger partial charge in [-0.1, -0.05) is 218 Å². The number of carbonyl (C=O) groups excluding carboxylic acids is 2. The molecule has 6 heteroatoms. The van der Waals surface area contributed by atoms with Crippen molar-refractivity contribution in [2.45, 2.75) is 302 Å². The molecule has 60 heavy (non-hydrogen) atoms. The molecule has 0 fully saturated rings. The number of esters is 1. The molecule has 3 N–H and O–H groups in total. The molecule has 0 bridgehead atoms. The molecule has 0 aromatic heterocycles. The highest BCUT2D eigenvalue weighted by Crippen LogP contribution is 2.18. The van der Waals surface area contributed by atoms with E-state index in [0.29, 0.717) is 19.3 Å². The molecule has 0 saturated carbocycles. The van der Waals surface area contributed by atoms with Crippen LogP contribution >= 0.6 is 0 Å². The number of amides is 1. The van der Waals surface area contributed by atoms with E-state index < -0.39 is 18.2 Å². The van der Waals surface area contributed by atoms with Crippen molar-refractivity contribution in [1.29, 1.82) is 0 Å². The van der Waals surface area contributed by atoms with Gasteiger partial charge in [-0.25, -0.2) is 0 Å². The quantitative estimate of drug-likeness (QED) is 0.0322. The highest BCUT2D eigenvalue weighted by molar-refractivity contribution is 5.77. The number of aliphatic hydroxyl groups excluding tert-OH is 2. The second kappa shape index (κ2) is 48.4.